The molecule has 0 saturated heterocycles. The van der Waals surface area contributed by atoms with Gasteiger partial charge in [-0.25, -0.2) is 8.78 Å². The topological polar surface area (TPSA) is 17.1 Å². The Balaban J connectivity index is 2.55. The van der Waals surface area contributed by atoms with Crippen molar-refractivity contribution in [2.24, 2.45) is 5.92 Å². The molecule has 1 rings (SSSR count). The van der Waals surface area contributed by atoms with Crippen LogP contribution in [0.4, 0.5) is 22.0 Å². The minimum absolute atomic E-state index is 0.370. The van der Waals surface area contributed by atoms with E-state index in [9.17, 15) is 26.7 Å². The predicted octanol–water partition coefficient (Wildman–Crippen LogP) is 2.94. The second-order valence-electron chi connectivity index (χ2n) is 3.49. The third kappa shape index (κ3) is 2.65. The summed E-state index contributed by atoms with van der Waals surface area (Å²) in [5.74, 6) is -6.04. The van der Waals surface area contributed by atoms with E-state index in [0.717, 1.165) is 0 Å². The van der Waals surface area contributed by atoms with Crippen molar-refractivity contribution >= 4 is 5.78 Å². The third-order valence-electron chi connectivity index (χ3n) is 2.37. The van der Waals surface area contributed by atoms with Crippen LogP contribution in [0.3, 0.4) is 0 Å². The molecule has 1 aliphatic carbocycles. The monoisotopic (exact) mass is 216 g/mol. The summed E-state index contributed by atoms with van der Waals surface area (Å²) in [6.07, 6.45) is -6.88. The molecule has 0 N–H and O–H groups in total. The number of halogens is 5. The van der Waals surface area contributed by atoms with Gasteiger partial charge in [0, 0.05) is 18.8 Å². The first-order valence-electron chi connectivity index (χ1n) is 4.21. The van der Waals surface area contributed by atoms with Crippen molar-refractivity contribution in [2.45, 2.75) is 37.8 Å². The average molecular weight is 216 g/mol. The second-order valence-corrected chi connectivity index (χ2v) is 3.49. The highest BCUT2D eigenvalue weighted by Crippen LogP contribution is 2.38. The Morgan fingerprint density at radius 3 is 1.93 bits per heavy atom. The Bertz CT molecular complexity index is 222. The Labute approximate surface area is 77.3 Å². The molecule has 1 nitrogen and oxygen atoms in total. The zero-order chi connectivity index (χ0) is 11.0. The van der Waals surface area contributed by atoms with E-state index >= 15 is 0 Å². The number of Topliss-reactive ketones (excluding diaryl/α,β-unsaturated/α-hetero) is 1. The summed E-state index contributed by atoms with van der Waals surface area (Å²) in [6.45, 7) is 0. The van der Waals surface area contributed by atoms with Gasteiger partial charge >= 0.3 is 6.18 Å². The lowest BCUT2D eigenvalue weighted by Crippen LogP contribution is -2.35. The molecule has 0 amide bonds. The van der Waals surface area contributed by atoms with Gasteiger partial charge in [0.05, 0.1) is 0 Å². The van der Waals surface area contributed by atoms with E-state index in [1.54, 1.807) is 0 Å². The van der Waals surface area contributed by atoms with Crippen LogP contribution in [0.25, 0.3) is 0 Å². The largest absolute Gasteiger partial charge is 0.450 e. The maximum Gasteiger partial charge on any atom is 0.450 e. The van der Waals surface area contributed by atoms with Gasteiger partial charge in [-0.3, -0.25) is 4.79 Å². The van der Waals surface area contributed by atoms with Crippen molar-refractivity contribution in [2.75, 3.05) is 0 Å². The predicted molar refractivity (Wildman–Crippen MR) is 38.0 cm³/mol. The fourth-order valence-corrected chi connectivity index (χ4v) is 1.53. The summed E-state index contributed by atoms with van der Waals surface area (Å²) in [5, 5.41) is 0. The van der Waals surface area contributed by atoms with Crippen molar-refractivity contribution in [3.8, 4) is 0 Å². The smallest absolute Gasteiger partial charge is 0.289 e. The number of rotatable bonds is 1. The van der Waals surface area contributed by atoms with Gasteiger partial charge in [-0.05, 0) is 12.8 Å². The van der Waals surface area contributed by atoms with Crippen molar-refractivity contribution in [1.82, 2.24) is 0 Å². The molecule has 0 radical (unpaired) electrons. The molecule has 1 fully saturated rings. The fourth-order valence-electron chi connectivity index (χ4n) is 1.53. The highest BCUT2D eigenvalue weighted by atomic mass is 19.4. The van der Waals surface area contributed by atoms with Crippen LogP contribution < -0.4 is 0 Å². The highest BCUT2D eigenvalue weighted by Gasteiger charge is 2.46. The molecule has 82 valence electrons. The van der Waals surface area contributed by atoms with Crippen LogP contribution in [0, 0.1) is 5.92 Å². The molecule has 0 bridgehead atoms. The second kappa shape index (κ2) is 3.47. The summed E-state index contributed by atoms with van der Waals surface area (Å²) >= 11 is 0. The molecular weight excluding hydrogens is 207 g/mol. The molecule has 0 unspecified atom stereocenters. The van der Waals surface area contributed by atoms with Gasteiger partial charge in [0.25, 0.3) is 0 Å². The lowest BCUT2D eigenvalue weighted by molar-refractivity contribution is -0.178. The lowest BCUT2D eigenvalue weighted by atomic mass is 9.84. The maximum absolute atomic E-state index is 12.5. The number of alkyl halides is 5. The quantitative estimate of drug-likeness (QED) is 0.616. The van der Waals surface area contributed by atoms with Gasteiger partial charge in [0.15, 0.2) is 0 Å². The molecule has 0 aromatic heterocycles. The first-order valence-corrected chi connectivity index (χ1v) is 4.21. The first-order chi connectivity index (χ1) is 6.22. The zero-order valence-corrected chi connectivity index (χ0v) is 7.20. The minimum atomic E-state index is -4.89. The van der Waals surface area contributed by atoms with Gasteiger partial charge in [-0.1, -0.05) is 0 Å². The van der Waals surface area contributed by atoms with E-state index < -0.39 is 36.6 Å². The molecule has 0 aromatic carbocycles. The molecule has 0 atom stereocenters. The number of ketones is 1. The van der Waals surface area contributed by atoms with Crippen molar-refractivity contribution in [3.63, 3.8) is 0 Å². The normalized spacial score (nSPS) is 23.5. The third-order valence-corrected chi connectivity index (χ3v) is 2.37. The molecule has 0 aromatic rings. The zero-order valence-electron chi connectivity index (χ0n) is 7.20. The summed E-state index contributed by atoms with van der Waals surface area (Å²) < 4.78 is 60.8. The summed E-state index contributed by atoms with van der Waals surface area (Å²) in [7, 11) is 0. The maximum atomic E-state index is 12.5. The van der Waals surface area contributed by atoms with Gasteiger partial charge in [-0.15, -0.1) is 0 Å². The number of hydrogen-bond acceptors (Lipinski definition) is 1. The van der Waals surface area contributed by atoms with Gasteiger partial charge in [0.1, 0.15) is 0 Å². The van der Waals surface area contributed by atoms with Crippen molar-refractivity contribution < 1.29 is 26.7 Å². The molecule has 6 heteroatoms. The van der Waals surface area contributed by atoms with E-state index in [1.165, 1.54) is 0 Å². The summed E-state index contributed by atoms with van der Waals surface area (Å²) in [4.78, 5) is 10.7. The van der Waals surface area contributed by atoms with Crippen LogP contribution in [0.5, 0.6) is 0 Å². The molecule has 0 aliphatic heterocycles. The van der Waals surface area contributed by atoms with Gasteiger partial charge in [-0.2, -0.15) is 13.2 Å². The Kier molecular flexibility index (Phi) is 2.83. The Morgan fingerprint density at radius 2 is 1.57 bits per heavy atom. The van der Waals surface area contributed by atoms with Crippen LogP contribution in [-0.4, -0.2) is 17.9 Å². The lowest BCUT2D eigenvalue weighted by Gasteiger charge is -2.27. The van der Waals surface area contributed by atoms with Crippen molar-refractivity contribution in [1.29, 1.82) is 0 Å². The molecule has 14 heavy (non-hydrogen) atoms. The van der Waals surface area contributed by atoms with Gasteiger partial charge in [0.2, 0.25) is 11.7 Å². The van der Waals surface area contributed by atoms with Crippen LogP contribution >= 0.6 is 0 Å². The molecule has 1 saturated carbocycles. The van der Waals surface area contributed by atoms with E-state index in [1.807, 2.05) is 0 Å². The van der Waals surface area contributed by atoms with Crippen molar-refractivity contribution in [3.05, 3.63) is 0 Å². The Morgan fingerprint density at radius 1 is 1.14 bits per heavy atom. The number of hydrogen-bond donors (Lipinski definition) is 0. The van der Waals surface area contributed by atoms with Crippen LogP contribution in [0.2, 0.25) is 0 Å². The molecule has 0 spiro atoms. The Hall–Kier alpha value is -0.680. The first kappa shape index (κ1) is 11.4. The van der Waals surface area contributed by atoms with E-state index in [2.05, 4.69) is 0 Å². The van der Waals surface area contributed by atoms with Crippen LogP contribution in [-0.2, 0) is 4.79 Å². The molecule has 0 heterocycles. The summed E-state index contributed by atoms with van der Waals surface area (Å²) in [6, 6.07) is 0. The van der Waals surface area contributed by atoms with E-state index in [-0.39, 0.29) is 12.8 Å². The standard InChI is InChI=1S/C8H9F5O/c9-7(10)3-1-5(2-4-7)6(14)8(11,12)13/h5H,1-4H2. The average Bonchev–Trinajstić information content (AvgIpc) is 2.01. The fraction of sp³-hybridized carbons (Fsp3) is 0.875. The van der Waals surface area contributed by atoms with Crippen LogP contribution in [0.15, 0.2) is 0 Å². The molecule has 1 aliphatic rings. The SMILES string of the molecule is O=C(C1CCC(F)(F)CC1)C(F)(F)F. The highest BCUT2D eigenvalue weighted by molar-refractivity contribution is 5.86. The molecular formula is C8H9F5O. The van der Waals surface area contributed by atoms with E-state index in [0.29, 0.717) is 0 Å². The summed E-state index contributed by atoms with van der Waals surface area (Å²) in [5.41, 5.74) is 0. The van der Waals surface area contributed by atoms with E-state index in [4.69, 9.17) is 0 Å². The minimum Gasteiger partial charge on any atom is -0.289 e. The van der Waals surface area contributed by atoms with Gasteiger partial charge < -0.3 is 0 Å². The van der Waals surface area contributed by atoms with Crippen LogP contribution in [0.1, 0.15) is 25.7 Å². The number of carbonyl (C=O) groups is 1. The number of carbonyl (C=O) groups excluding carboxylic acids is 1.